The highest BCUT2D eigenvalue weighted by Crippen LogP contribution is 2.15. The molecule has 0 saturated carbocycles. The molecule has 0 radical (unpaired) electrons. The third kappa shape index (κ3) is 3.30. The van der Waals surface area contributed by atoms with Gasteiger partial charge >= 0.3 is 0 Å². The lowest BCUT2D eigenvalue weighted by molar-refractivity contribution is 0.0662. The van der Waals surface area contributed by atoms with Gasteiger partial charge in [-0.1, -0.05) is 0 Å². The van der Waals surface area contributed by atoms with Crippen LogP contribution in [-0.2, 0) is 11.3 Å². The SMILES string of the molecule is Cc1cscc1CNCC1CCOCC1. The Balaban J connectivity index is 1.68. The van der Waals surface area contributed by atoms with Crippen LogP contribution in [0.5, 0.6) is 0 Å². The second-order valence-corrected chi connectivity index (χ2v) is 5.01. The lowest BCUT2D eigenvalue weighted by Crippen LogP contribution is -2.27. The first-order valence-electron chi connectivity index (χ1n) is 5.66. The molecule has 2 rings (SSSR count). The summed E-state index contributed by atoms with van der Waals surface area (Å²) in [5, 5.41) is 8.01. The zero-order chi connectivity index (χ0) is 10.5. The van der Waals surface area contributed by atoms with Crippen molar-refractivity contribution < 1.29 is 4.74 Å². The van der Waals surface area contributed by atoms with Gasteiger partial charge in [0.2, 0.25) is 0 Å². The second-order valence-electron chi connectivity index (χ2n) is 4.27. The molecule has 0 amide bonds. The first kappa shape index (κ1) is 11.1. The summed E-state index contributed by atoms with van der Waals surface area (Å²) in [4.78, 5) is 0. The number of ether oxygens (including phenoxy) is 1. The monoisotopic (exact) mass is 225 g/mol. The summed E-state index contributed by atoms with van der Waals surface area (Å²) in [6, 6.07) is 0. The van der Waals surface area contributed by atoms with Crippen LogP contribution in [-0.4, -0.2) is 19.8 Å². The van der Waals surface area contributed by atoms with E-state index in [0.717, 1.165) is 32.2 Å². The van der Waals surface area contributed by atoms with Crippen LogP contribution in [0.15, 0.2) is 10.8 Å². The van der Waals surface area contributed by atoms with E-state index in [9.17, 15) is 0 Å². The van der Waals surface area contributed by atoms with Gasteiger partial charge in [-0.25, -0.2) is 0 Å². The van der Waals surface area contributed by atoms with Crippen LogP contribution >= 0.6 is 11.3 Å². The Kier molecular flexibility index (Phi) is 4.18. The Labute approximate surface area is 95.6 Å². The third-order valence-corrected chi connectivity index (χ3v) is 3.96. The largest absolute Gasteiger partial charge is 0.381 e. The predicted molar refractivity (Wildman–Crippen MR) is 64.3 cm³/mol. The zero-order valence-electron chi connectivity index (χ0n) is 9.29. The van der Waals surface area contributed by atoms with Gasteiger partial charge in [-0.2, -0.15) is 11.3 Å². The molecular formula is C12H19NOS. The topological polar surface area (TPSA) is 21.3 Å². The van der Waals surface area contributed by atoms with Crippen LogP contribution in [0.1, 0.15) is 24.0 Å². The molecule has 1 aromatic heterocycles. The Bertz CT molecular complexity index is 292. The smallest absolute Gasteiger partial charge is 0.0469 e. The zero-order valence-corrected chi connectivity index (χ0v) is 10.1. The molecule has 1 N–H and O–H groups in total. The van der Waals surface area contributed by atoms with Crippen molar-refractivity contribution in [2.45, 2.75) is 26.3 Å². The predicted octanol–water partition coefficient (Wildman–Crippen LogP) is 2.57. The highest BCUT2D eigenvalue weighted by molar-refractivity contribution is 7.08. The fourth-order valence-corrected chi connectivity index (χ4v) is 2.79. The molecule has 0 spiro atoms. The van der Waals surface area contributed by atoms with Crippen LogP contribution in [0, 0.1) is 12.8 Å². The first-order chi connectivity index (χ1) is 7.36. The summed E-state index contributed by atoms with van der Waals surface area (Å²) in [6.07, 6.45) is 2.44. The molecule has 1 aliphatic rings. The molecule has 0 unspecified atom stereocenters. The Hall–Kier alpha value is -0.380. The van der Waals surface area contributed by atoms with Crippen LogP contribution in [0.2, 0.25) is 0 Å². The maximum absolute atomic E-state index is 5.34. The van der Waals surface area contributed by atoms with E-state index < -0.39 is 0 Å². The van der Waals surface area contributed by atoms with Crippen molar-refractivity contribution in [3.8, 4) is 0 Å². The molecular weight excluding hydrogens is 206 g/mol. The van der Waals surface area contributed by atoms with E-state index >= 15 is 0 Å². The van der Waals surface area contributed by atoms with Gasteiger partial charge in [0.1, 0.15) is 0 Å². The second kappa shape index (κ2) is 5.64. The number of thiophene rings is 1. The number of aryl methyl sites for hydroxylation is 1. The van der Waals surface area contributed by atoms with E-state index in [2.05, 4.69) is 23.0 Å². The minimum absolute atomic E-state index is 0.817. The molecule has 15 heavy (non-hydrogen) atoms. The van der Waals surface area contributed by atoms with Gasteiger partial charge in [-0.3, -0.25) is 0 Å². The summed E-state index contributed by atoms with van der Waals surface area (Å²) < 4.78 is 5.34. The molecule has 0 bridgehead atoms. The third-order valence-electron chi connectivity index (χ3n) is 3.05. The van der Waals surface area contributed by atoms with Gasteiger partial charge in [0.15, 0.2) is 0 Å². The molecule has 0 aromatic carbocycles. The molecule has 0 aliphatic carbocycles. The summed E-state index contributed by atoms with van der Waals surface area (Å²) in [5.41, 5.74) is 2.87. The molecule has 2 nitrogen and oxygen atoms in total. The molecule has 1 aliphatic heterocycles. The van der Waals surface area contributed by atoms with Crippen molar-refractivity contribution in [3.63, 3.8) is 0 Å². The molecule has 0 atom stereocenters. The number of hydrogen-bond donors (Lipinski definition) is 1. The van der Waals surface area contributed by atoms with Crippen LogP contribution in [0.25, 0.3) is 0 Å². The van der Waals surface area contributed by atoms with E-state index in [-0.39, 0.29) is 0 Å². The van der Waals surface area contributed by atoms with Crippen molar-refractivity contribution >= 4 is 11.3 Å². The van der Waals surface area contributed by atoms with E-state index in [0.29, 0.717) is 0 Å². The number of nitrogens with one attached hydrogen (secondary N) is 1. The fraction of sp³-hybridized carbons (Fsp3) is 0.667. The van der Waals surface area contributed by atoms with Gasteiger partial charge in [-0.15, -0.1) is 0 Å². The highest BCUT2D eigenvalue weighted by Gasteiger charge is 2.12. The normalized spacial score (nSPS) is 18.2. The molecule has 1 saturated heterocycles. The van der Waals surface area contributed by atoms with Crippen molar-refractivity contribution in [3.05, 3.63) is 21.9 Å². The van der Waals surface area contributed by atoms with Gasteiger partial charge in [0, 0.05) is 19.8 Å². The number of hydrogen-bond acceptors (Lipinski definition) is 3. The summed E-state index contributed by atoms with van der Waals surface area (Å²) in [5.74, 6) is 0.817. The Morgan fingerprint density at radius 1 is 1.40 bits per heavy atom. The Morgan fingerprint density at radius 3 is 2.87 bits per heavy atom. The van der Waals surface area contributed by atoms with Crippen molar-refractivity contribution in [2.24, 2.45) is 5.92 Å². The van der Waals surface area contributed by atoms with Crippen LogP contribution in [0.4, 0.5) is 0 Å². The van der Waals surface area contributed by atoms with Gasteiger partial charge in [-0.05, 0) is 54.1 Å². The van der Waals surface area contributed by atoms with Crippen LogP contribution < -0.4 is 5.32 Å². The van der Waals surface area contributed by atoms with Gasteiger partial charge < -0.3 is 10.1 Å². The first-order valence-corrected chi connectivity index (χ1v) is 6.60. The molecule has 1 fully saturated rings. The van der Waals surface area contributed by atoms with Crippen molar-refractivity contribution in [1.82, 2.24) is 5.32 Å². The summed E-state index contributed by atoms with van der Waals surface area (Å²) in [6.45, 7) is 6.24. The lowest BCUT2D eigenvalue weighted by atomic mass is 10.0. The van der Waals surface area contributed by atoms with E-state index in [1.165, 1.54) is 24.0 Å². The maximum Gasteiger partial charge on any atom is 0.0469 e. The molecule has 84 valence electrons. The molecule has 2 heterocycles. The van der Waals surface area contributed by atoms with Crippen LogP contribution in [0.3, 0.4) is 0 Å². The summed E-state index contributed by atoms with van der Waals surface area (Å²) >= 11 is 1.79. The molecule has 1 aromatic rings. The average molecular weight is 225 g/mol. The highest BCUT2D eigenvalue weighted by atomic mass is 32.1. The quantitative estimate of drug-likeness (QED) is 0.850. The fourth-order valence-electron chi connectivity index (χ4n) is 1.93. The van der Waals surface area contributed by atoms with Crippen molar-refractivity contribution in [2.75, 3.05) is 19.8 Å². The minimum atomic E-state index is 0.817. The average Bonchev–Trinajstić information content (AvgIpc) is 2.66. The minimum Gasteiger partial charge on any atom is -0.381 e. The summed E-state index contributed by atoms with van der Waals surface area (Å²) in [7, 11) is 0. The van der Waals surface area contributed by atoms with E-state index in [1.807, 2.05) is 0 Å². The number of rotatable bonds is 4. The standard InChI is InChI=1S/C12H19NOS/c1-10-8-15-9-12(10)7-13-6-11-2-4-14-5-3-11/h8-9,11,13H,2-7H2,1H3. The van der Waals surface area contributed by atoms with Gasteiger partial charge in [0.05, 0.1) is 0 Å². The molecule has 3 heteroatoms. The lowest BCUT2D eigenvalue weighted by Gasteiger charge is -2.22. The Morgan fingerprint density at radius 2 is 2.20 bits per heavy atom. The van der Waals surface area contributed by atoms with Crippen molar-refractivity contribution in [1.29, 1.82) is 0 Å². The van der Waals surface area contributed by atoms with E-state index in [1.54, 1.807) is 11.3 Å². The van der Waals surface area contributed by atoms with Gasteiger partial charge in [0.25, 0.3) is 0 Å². The maximum atomic E-state index is 5.34. The van der Waals surface area contributed by atoms with E-state index in [4.69, 9.17) is 4.74 Å².